The van der Waals surface area contributed by atoms with Crippen LogP contribution in [0.2, 0.25) is 0 Å². The highest BCUT2D eigenvalue weighted by Gasteiger charge is 2.31. The molecule has 152 valence electrons. The predicted molar refractivity (Wildman–Crippen MR) is 106 cm³/mol. The van der Waals surface area contributed by atoms with Gasteiger partial charge in [0, 0.05) is 11.8 Å². The van der Waals surface area contributed by atoms with Gasteiger partial charge in [0.2, 0.25) is 5.91 Å². The standard InChI is InChI=1S/C20H17F3N2O3S/c1-27-15-8-6-14(7-9-15)17-12-29-19(24-17)25-18(26)10-5-13-3-2-4-16(11-13)28-20(21,22)23/h2-11,17H,12H2,1H3,(H,24,25,26)/b10-5+. The maximum absolute atomic E-state index is 12.3. The summed E-state index contributed by atoms with van der Waals surface area (Å²) in [6.45, 7) is 0. The van der Waals surface area contributed by atoms with Gasteiger partial charge in [0.1, 0.15) is 11.5 Å². The fraction of sp³-hybridized carbons (Fsp3) is 0.200. The Morgan fingerprint density at radius 1 is 1.21 bits per heavy atom. The summed E-state index contributed by atoms with van der Waals surface area (Å²) in [5, 5.41) is 3.17. The number of nitrogens with zero attached hydrogens (tertiary/aromatic N) is 1. The number of ether oxygens (including phenoxy) is 2. The van der Waals surface area contributed by atoms with Crippen LogP contribution < -0.4 is 14.8 Å². The van der Waals surface area contributed by atoms with Crippen molar-refractivity contribution in [1.82, 2.24) is 5.32 Å². The summed E-state index contributed by atoms with van der Waals surface area (Å²) >= 11 is 1.42. The molecule has 1 aliphatic rings. The van der Waals surface area contributed by atoms with Crippen molar-refractivity contribution in [2.45, 2.75) is 12.4 Å². The summed E-state index contributed by atoms with van der Waals surface area (Å²) in [6, 6.07) is 12.8. The lowest BCUT2D eigenvalue weighted by Crippen LogP contribution is -2.25. The summed E-state index contributed by atoms with van der Waals surface area (Å²) < 4.78 is 45.8. The third-order valence-corrected chi connectivity index (χ3v) is 4.86. The van der Waals surface area contributed by atoms with Crippen LogP contribution >= 0.6 is 11.8 Å². The predicted octanol–water partition coefficient (Wildman–Crippen LogP) is 4.57. The van der Waals surface area contributed by atoms with Gasteiger partial charge < -0.3 is 14.8 Å². The van der Waals surface area contributed by atoms with Crippen molar-refractivity contribution in [3.63, 3.8) is 0 Å². The Morgan fingerprint density at radius 2 is 1.97 bits per heavy atom. The van der Waals surface area contributed by atoms with Crippen LogP contribution in [-0.2, 0) is 4.79 Å². The van der Waals surface area contributed by atoms with E-state index in [0.717, 1.165) is 11.3 Å². The van der Waals surface area contributed by atoms with Gasteiger partial charge in [0.25, 0.3) is 0 Å². The van der Waals surface area contributed by atoms with Gasteiger partial charge in [-0.15, -0.1) is 13.2 Å². The minimum Gasteiger partial charge on any atom is -0.497 e. The molecule has 0 saturated carbocycles. The van der Waals surface area contributed by atoms with Gasteiger partial charge in [0.15, 0.2) is 5.17 Å². The topological polar surface area (TPSA) is 59.9 Å². The van der Waals surface area contributed by atoms with Gasteiger partial charge in [-0.2, -0.15) is 0 Å². The zero-order valence-corrected chi connectivity index (χ0v) is 16.1. The second-order valence-electron chi connectivity index (χ2n) is 5.98. The van der Waals surface area contributed by atoms with Crippen LogP contribution in [0.3, 0.4) is 0 Å². The SMILES string of the molecule is COc1ccc(C2CSC(NC(=O)/C=C/c3cccc(OC(F)(F)F)c3)=N2)cc1. The van der Waals surface area contributed by atoms with Crippen LogP contribution in [0.25, 0.3) is 6.08 Å². The van der Waals surface area contributed by atoms with Gasteiger partial charge in [-0.25, -0.2) is 0 Å². The summed E-state index contributed by atoms with van der Waals surface area (Å²) in [4.78, 5) is 16.6. The number of benzene rings is 2. The number of amidine groups is 1. The van der Waals surface area contributed by atoms with E-state index in [0.29, 0.717) is 16.5 Å². The molecular weight excluding hydrogens is 405 g/mol. The van der Waals surface area contributed by atoms with Crippen molar-refractivity contribution in [2.75, 3.05) is 12.9 Å². The van der Waals surface area contributed by atoms with Crippen LogP contribution in [-0.4, -0.2) is 30.3 Å². The number of thioether (sulfide) groups is 1. The molecule has 2 aromatic rings. The lowest BCUT2D eigenvalue weighted by Gasteiger charge is -2.08. The van der Waals surface area contributed by atoms with Gasteiger partial charge >= 0.3 is 6.36 Å². The van der Waals surface area contributed by atoms with Crippen molar-refractivity contribution in [2.24, 2.45) is 4.99 Å². The number of carbonyl (C=O) groups is 1. The Balaban J connectivity index is 1.58. The number of amides is 1. The molecular formula is C20H17F3N2O3S. The molecule has 1 amide bonds. The number of methoxy groups -OCH3 is 1. The van der Waals surface area contributed by atoms with E-state index in [1.54, 1.807) is 13.2 Å². The average molecular weight is 422 g/mol. The van der Waals surface area contributed by atoms with E-state index in [4.69, 9.17) is 4.74 Å². The van der Waals surface area contributed by atoms with Gasteiger partial charge in [0.05, 0.1) is 13.2 Å². The van der Waals surface area contributed by atoms with Crippen molar-refractivity contribution < 1.29 is 27.4 Å². The molecule has 0 spiro atoms. The Labute approximate surface area is 169 Å². The van der Waals surface area contributed by atoms with Crippen LogP contribution in [0.5, 0.6) is 11.5 Å². The highest BCUT2D eigenvalue weighted by atomic mass is 32.2. The summed E-state index contributed by atoms with van der Waals surface area (Å²) in [5.41, 5.74) is 1.42. The molecule has 0 radical (unpaired) electrons. The Hall–Kier alpha value is -2.94. The van der Waals surface area contributed by atoms with E-state index in [9.17, 15) is 18.0 Å². The molecule has 1 atom stereocenters. The first-order valence-electron chi connectivity index (χ1n) is 8.52. The van der Waals surface area contributed by atoms with Gasteiger partial charge in [-0.3, -0.25) is 9.79 Å². The van der Waals surface area contributed by atoms with Crippen LogP contribution in [0, 0.1) is 0 Å². The molecule has 0 aliphatic carbocycles. The highest BCUT2D eigenvalue weighted by molar-refractivity contribution is 8.14. The first kappa shape index (κ1) is 20.8. The smallest absolute Gasteiger partial charge is 0.497 e. The lowest BCUT2D eigenvalue weighted by atomic mass is 10.1. The highest BCUT2D eigenvalue weighted by Crippen LogP contribution is 2.30. The number of alkyl halides is 3. The monoisotopic (exact) mass is 422 g/mol. The van der Waals surface area contributed by atoms with E-state index in [-0.39, 0.29) is 11.8 Å². The summed E-state index contributed by atoms with van der Waals surface area (Å²) in [5.74, 6) is 0.682. The van der Waals surface area contributed by atoms with Crippen LogP contribution in [0.15, 0.2) is 59.6 Å². The number of halogens is 3. The van der Waals surface area contributed by atoms with Crippen molar-refractivity contribution in [1.29, 1.82) is 0 Å². The number of hydrogen-bond acceptors (Lipinski definition) is 5. The third kappa shape index (κ3) is 6.28. The van der Waals surface area contributed by atoms with Crippen LogP contribution in [0.4, 0.5) is 13.2 Å². The maximum Gasteiger partial charge on any atom is 0.573 e. The van der Waals surface area contributed by atoms with Gasteiger partial charge in [-0.05, 0) is 41.5 Å². The minimum absolute atomic E-state index is 0.0682. The summed E-state index contributed by atoms with van der Waals surface area (Å²) in [7, 11) is 1.60. The lowest BCUT2D eigenvalue weighted by molar-refractivity contribution is -0.274. The number of rotatable bonds is 5. The van der Waals surface area contributed by atoms with E-state index < -0.39 is 12.3 Å². The first-order chi connectivity index (χ1) is 13.8. The molecule has 1 heterocycles. The number of hydrogen-bond donors (Lipinski definition) is 1. The normalized spacial score (nSPS) is 16.6. The van der Waals surface area contributed by atoms with Crippen molar-refractivity contribution in [3.8, 4) is 11.5 Å². The van der Waals surface area contributed by atoms with E-state index in [2.05, 4.69) is 15.0 Å². The molecule has 0 aromatic heterocycles. The molecule has 0 bridgehead atoms. The zero-order chi connectivity index (χ0) is 20.9. The Morgan fingerprint density at radius 3 is 2.66 bits per heavy atom. The number of aliphatic imine (C=N–C) groups is 1. The molecule has 5 nitrogen and oxygen atoms in total. The quantitative estimate of drug-likeness (QED) is 0.718. The molecule has 3 rings (SSSR count). The van der Waals surface area contributed by atoms with E-state index in [1.807, 2.05) is 24.3 Å². The fourth-order valence-electron chi connectivity index (χ4n) is 2.57. The molecule has 2 aromatic carbocycles. The van der Waals surface area contributed by atoms with Gasteiger partial charge in [-0.1, -0.05) is 36.0 Å². The molecule has 29 heavy (non-hydrogen) atoms. The molecule has 0 saturated heterocycles. The number of nitrogens with one attached hydrogen (secondary N) is 1. The third-order valence-electron chi connectivity index (χ3n) is 3.90. The zero-order valence-electron chi connectivity index (χ0n) is 15.3. The average Bonchev–Trinajstić information content (AvgIpc) is 3.14. The largest absolute Gasteiger partial charge is 0.573 e. The molecule has 1 aliphatic heterocycles. The first-order valence-corrected chi connectivity index (χ1v) is 9.50. The maximum atomic E-state index is 12.3. The fourth-order valence-corrected chi connectivity index (χ4v) is 3.53. The van der Waals surface area contributed by atoms with Crippen molar-refractivity contribution in [3.05, 3.63) is 65.7 Å². The Kier molecular flexibility index (Phi) is 6.48. The van der Waals surface area contributed by atoms with Crippen LogP contribution in [0.1, 0.15) is 17.2 Å². The second-order valence-corrected chi connectivity index (χ2v) is 6.99. The number of carbonyl (C=O) groups excluding carboxylic acids is 1. The van der Waals surface area contributed by atoms with E-state index in [1.165, 1.54) is 42.1 Å². The van der Waals surface area contributed by atoms with Crippen molar-refractivity contribution >= 4 is 28.9 Å². The summed E-state index contributed by atoms with van der Waals surface area (Å²) in [6.07, 6.45) is -2.13. The minimum atomic E-state index is -4.77. The molecule has 1 unspecified atom stereocenters. The second kappa shape index (κ2) is 9.04. The Bertz CT molecular complexity index is 927. The molecule has 1 N–H and O–H groups in total. The van der Waals surface area contributed by atoms with E-state index >= 15 is 0 Å². The molecule has 0 fully saturated rings. The molecule has 9 heteroatoms.